The number of hydrogen-bond donors (Lipinski definition) is 11. The minimum absolute atomic E-state index is 0.00226. The molecule has 0 spiro atoms. The quantitative estimate of drug-likeness (QED) is 0.0627. The number of imidazole rings is 1. The molecule has 17 heteroatoms. The van der Waals surface area contributed by atoms with Crippen LogP contribution in [0.1, 0.15) is 65.2 Å². The number of carbonyl (C=O) groups is 2. The summed E-state index contributed by atoms with van der Waals surface area (Å²) in [4.78, 5) is 36.5. The van der Waals surface area contributed by atoms with Crippen LogP contribution in [0.3, 0.4) is 0 Å². The van der Waals surface area contributed by atoms with Crippen molar-refractivity contribution in [3.05, 3.63) is 107 Å². The van der Waals surface area contributed by atoms with Crippen LogP contribution in [0.2, 0.25) is 0 Å². The maximum absolute atomic E-state index is 14.5. The number of H-pyrrole nitrogens is 1. The number of nitrogens with two attached hydrogens (primary N) is 1. The van der Waals surface area contributed by atoms with Crippen LogP contribution in [0.25, 0.3) is 6.08 Å². The largest absolute Gasteiger partial charge is 0.508 e. The number of aromatic hydroxyl groups is 2. The number of aromatic amines is 1. The van der Waals surface area contributed by atoms with E-state index in [2.05, 4.69) is 15.3 Å². The average molecular weight is 830 g/mol. The Bertz CT molecular complexity index is 2220. The first-order valence-electron chi connectivity index (χ1n) is 19.8. The third-order valence-electron chi connectivity index (χ3n) is 12.2. The summed E-state index contributed by atoms with van der Waals surface area (Å²) in [7, 11) is 1.84. The van der Waals surface area contributed by atoms with Crippen LogP contribution in [0.15, 0.2) is 73.1 Å². The van der Waals surface area contributed by atoms with Crippen molar-refractivity contribution >= 4 is 23.6 Å². The van der Waals surface area contributed by atoms with Crippen molar-refractivity contribution in [2.75, 3.05) is 25.1 Å². The number of anilines is 1. The number of nitrogens with one attached hydrogen (secondary N) is 2. The maximum atomic E-state index is 14.5. The van der Waals surface area contributed by atoms with Gasteiger partial charge in [0.1, 0.15) is 30.1 Å². The second-order valence-corrected chi connectivity index (χ2v) is 15.8. The van der Waals surface area contributed by atoms with Gasteiger partial charge in [0.25, 0.3) is 5.91 Å². The van der Waals surface area contributed by atoms with E-state index < -0.39 is 77.7 Å². The SMILES string of the molecule is CNCCc1nc[nH]c1Cc1cc(C=CC(=O)N2c3cc(OC4(O)OC(CO)C(O)C(O)C4O)c(O)cc3C(CC3(c4ccccc4)CCCC3N)C2C(=O)O)ccc1O. The maximum Gasteiger partial charge on any atom is 0.355 e. The number of aromatic nitrogens is 2. The molecular weight excluding hydrogens is 778 g/mol. The summed E-state index contributed by atoms with van der Waals surface area (Å²) in [6, 6.07) is 14.8. The van der Waals surface area contributed by atoms with Gasteiger partial charge < -0.3 is 66.4 Å². The van der Waals surface area contributed by atoms with Crippen molar-refractivity contribution in [3.63, 3.8) is 0 Å². The van der Waals surface area contributed by atoms with Gasteiger partial charge in [-0.25, -0.2) is 9.78 Å². The second-order valence-electron chi connectivity index (χ2n) is 15.8. The molecule has 9 unspecified atom stereocenters. The van der Waals surface area contributed by atoms with E-state index in [9.17, 15) is 50.4 Å². The molecule has 1 saturated heterocycles. The lowest BCUT2D eigenvalue weighted by molar-refractivity contribution is -0.422. The number of likely N-dealkylation sites (N-methyl/N-ethyl adjacent to an activating group) is 1. The first-order valence-corrected chi connectivity index (χ1v) is 19.8. The molecule has 3 aliphatic rings. The molecule has 320 valence electrons. The molecule has 2 fully saturated rings. The molecule has 12 N–H and O–H groups in total. The van der Waals surface area contributed by atoms with Crippen LogP contribution >= 0.6 is 0 Å². The van der Waals surface area contributed by atoms with Gasteiger partial charge in [-0.1, -0.05) is 42.8 Å². The molecule has 3 heterocycles. The highest BCUT2D eigenvalue weighted by Crippen LogP contribution is 2.54. The van der Waals surface area contributed by atoms with Crippen LogP contribution in [0, 0.1) is 0 Å². The standard InChI is InChI=1S/C43H51N5O12/c1-45-15-13-28-29(47-22-46-28)17-24-16-23(9-11-31(24)50)10-12-36(52)48-30-19-33(59-43(58)40(55)39(54)38(53)34(21-49)60-43)32(51)18-26(30)27(37(48)41(56)57)20-42(14-5-8-35(42)44)25-6-3-2-4-7-25/h2-4,6-7,9-12,16,18-19,22,27,34-35,37-40,45,49-51,53-55,58H,5,8,13-15,17,20-21,44H2,1H3,(H,46,47)(H,56,57). The third kappa shape index (κ3) is 7.98. The fourth-order valence-electron chi connectivity index (χ4n) is 9.03. The zero-order chi connectivity index (χ0) is 42.9. The van der Waals surface area contributed by atoms with Gasteiger partial charge in [-0.2, -0.15) is 0 Å². The molecule has 60 heavy (non-hydrogen) atoms. The highest BCUT2D eigenvalue weighted by Gasteiger charge is 2.56. The van der Waals surface area contributed by atoms with Crippen LogP contribution in [-0.2, 0) is 32.6 Å². The fourth-order valence-corrected chi connectivity index (χ4v) is 9.03. The molecular formula is C43H51N5O12. The van der Waals surface area contributed by atoms with Crippen molar-refractivity contribution < 1.29 is 59.9 Å². The number of phenols is 2. The first kappa shape index (κ1) is 42.7. The molecule has 2 aliphatic heterocycles. The van der Waals surface area contributed by atoms with Crippen molar-refractivity contribution in [3.8, 4) is 17.2 Å². The van der Waals surface area contributed by atoms with Gasteiger partial charge >= 0.3 is 11.9 Å². The zero-order valence-corrected chi connectivity index (χ0v) is 32.9. The molecule has 7 rings (SSSR count). The lowest BCUT2D eigenvalue weighted by Crippen LogP contribution is -2.67. The molecule has 3 aromatic carbocycles. The van der Waals surface area contributed by atoms with Crippen molar-refractivity contribution in [2.24, 2.45) is 5.73 Å². The fraction of sp³-hybridized carbons (Fsp3) is 0.419. The number of rotatable bonds is 14. The van der Waals surface area contributed by atoms with Crippen molar-refractivity contribution in [2.45, 2.75) is 92.3 Å². The summed E-state index contributed by atoms with van der Waals surface area (Å²) in [6.45, 7) is -0.189. The Labute approximate surface area is 345 Å². The summed E-state index contributed by atoms with van der Waals surface area (Å²) in [5.74, 6) is -7.34. The number of fused-ring (bicyclic) bond motifs is 1. The van der Waals surface area contributed by atoms with E-state index in [0.717, 1.165) is 34.3 Å². The molecule has 0 radical (unpaired) electrons. The Morgan fingerprint density at radius 2 is 1.85 bits per heavy atom. The topological polar surface area (TPSA) is 284 Å². The van der Waals surface area contributed by atoms with Crippen molar-refractivity contribution in [1.29, 1.82) is 0 Å². The molecule has 1 saturated carbocycles. The van der Waals surface area contributed by atoms with Gasteiger partial charge in [0, 0.05) is 60.2 Å². The number of carbonyl (C=O) groups excluding carboxylic acids is 1. The second kappa shape index (κ2) is 17.3. The van der Waals surface area contributed by atoms with E-state index in [1.54, 1.807) is 18.5 Å². The Morgan fingerprint density at radius 3 is 2.53 bits per heavy atom. The molecule has 1 amide bonds. The van der Waals surface area contributed by atoms with Gasteiger partial charge in [-0.3, -0.25) is 9.69 Å². The zero-order valence-electron chi connectivity index (χ0n) is 32.9. The number of nitrogens with zero attached hydrogens (tertiary/aromatic N) is 2. The number of carboxylic acid groups (broad SMARTS) is 1. The smallest absolute Gasteiger partial charge is 0.355 e. The van der Waals surface area contributed by atoms with E-state index in [1.165, 1.54) is 24.3 Å². The Kier molecular flexibility index (Phi) is 12.3. The Morgan fingerprint density at radius 1 is 1.08 bits per heavy atom. The number of aliphatic hydroxyl groups is 5. The summed E-state index contributed by atoms with van der Waals surface area (Å²) in [6.07, 6.45) is -0.260. The third-order valence-corrected chi connectivity index (χ3v) is 12.2. The molecule has 0 bridgehead atoms. The minimum atomic E-state index is -3.12. The summed E-state index contributed by atoms with van der Waals surface area (Å²) < 4.78 is 10.8. The highest BCUT2D eigenvalue weighted by molar-refractivity contribution is 6.10. The van der Waals surface area contributed by atoms with E-state index in [-0.39, 0.29) is 29.5 Å². The van der Waals surface area contributed by atoms with Gasteiger partial charge in [0.2, 0.25) is 0 Å². The van der Waals surface area contributed by atoms with Gasteiger partial charge in [0.15, 0.2) is 17.6 Å². The lowest BCUT2D eigenvalue weighted by Gasteiger charge is -2.44. The van der Waals surface area contributed by atoms with E-state index in [4.69, 9.17) is 15.2 Å². The van der Waals surface area contributed by atoms with E-state index in [1.807, 2.05) is 37.4 Å². The molecule has 1 aromatic heterocycles. The molecule has 9 atom stereocenters. The summed E-state index contributed by atoms with van der Waals surface area (Å²) >= 11 is 0. The van der Waals surface area contributed by atoms with E-state index >= 15 is 0 Å². The van der Waals surface area contributed by atoms with Gasteiger partial charge in [0.05, 0.1) is 24.3 Å². The van der Waals surface area contributed by atoms with Gasteiger partial charge in [-0.15, -0.1) is 0 Å². The van der Waals surface area contributed by atoms with E-state index in [0.29, 0.717) is 43.4 Å². The minimum Gasteiger partial charge on any atom is -0.508 e. The first-order chi connectivity index (χ1) is 28.7. The number of hydrogen-bond acceptors (Lipinski definition) is 14. The molecule has 17 nitrogen and oxygen atoms in total. The monoisotopic (exact) mass is 829 g/mol. The Balaban J connectivity index is 1.28. The summed E-state index contributed by atoms with van der Waals surface area (Å²) in [5.41, 5.74) is 10.0. The average Bonchev–Trinajstić information content (AvgIpc) is 3.93. The predicted molar refractivity (Wildman–Crippen MR) is 216 cm³/mol. The lowest BCUT2D eigenvalue weighted by atomic mass is 9.68. The molecule has 1 aliphatic carbocycles. The number of benzene rings is 3. The number of ether oxygens (including phenoxy) is 2. The molecule has 4 aromatic rings. The van der Waals surface area contributed by atoms with Crippen LogP contribution in [0.5, 0.6) is 17.2 Å². The number of aliphatic hydroxyl groups excluding tert-OH is 4. The van der Waals surface area contributed by atoms with Crippen LogP contribution < -0.4 is 20.7 Å². The van der Waals surface area contributed by atoms with Gasteiger partial charge in [-0.05, 0) is 67.3 Å². The summed E-state index contributed by atoms with van der Waals surface area (Å²) in [5, 5.41) is 88.6. The number of carboxylic acids is 1. The predicted octanol–water partition coefficient (Wildman–Crippen LogP) is 1.11. The number of amides is 1. The van der Waals surface area contributed by atoms with Crippen LogP contribution in [-0.4, -0.2) is 125 Å². The normalized spacial score (nSPS) is 28.9. The van der Waals surface area contributed by atoms with Crippen molar-refractivity contribution in [1.82, 2.24) is 15.3 Å². The highest BCUT2D eigenvalue weighted by atomic mass is 16.8. The Hall–Kier alpha value is -5.37. The van der Waals surface area contributed by atoms with Crippen LogP contribution in [0.4, 0.5) is 5.69 Å². The number of phenolic OH excluding ortho intramolecular Hbond substituents is 2. The number of aliphatic carboxylic acids is 1.